The van der Waals surface area contributed by atoms with Crippen LogP contribution in [0.3, 0.4) is 0 Å². The van der Waals surface area contributed by atoms with Crippen molar-refractivity contribution in [3.8, 4) is 0 Å². The van der Waals surface area contributed by atoms with Crippen molar-refractivity contribution in [3.63, 3.8) is 0 Å². The highest BCUT2D eigenvalue weighted by Gasteiger charge is 1.80. The monoisotopic (exact) mass is 200 g/mol. The molecule has 2 heteroatoms. The van der Waals surface area contributed by atoms with Gasteiger partial charge in [0.25, 0.3) is 0 Å². The van der Waals surface area contributed by atoms with Crippen LogP contribution in [0.15, 0.2) is 17.4 Å². The Kier molecular flexibility index (Phi) is 24.4. The first-order chi connectivity index (χ1) is 6.50. The summed E-state index contributed by atoms with van der Waals surface area (Å²) in [5, 5.41) is 3.03. The zero-order chi connectivity index (χ0) is 12.0. The van der Waals surface area contributed by atoms with Gasteiger partial charge in [0.05, 0.1) is 0 Å². The molecule has 0 aliphatic rings. The first-order valence-corrected chi connectivity index (χ1v) is 5.37. The fraction of sp³-hybridized carbons (Fsp3) is 0.750. The lowest BCUT2D eigenvalue weighted by atomic mass is 10.3. The lowest BCUT2D eigenvalue weighted by Gasteiger charge is -2.00. The second-order valence-corrected chi connectivity index (χ2v) is 3.55. The van der Waals surface area contributed by atoms with Crippen LogP contribution in [0.4, 0.5) is 0 Å². The molecule has 2 nitrogen and oxygen atoms in total. The van der Waals surface area contributed by atoms with Crippen LogP contribution in [0.2, 0.25) is 0 Å². The number of nitrogens with one attached hydrogen (secondary N) is 1. The Bertz CT molecular complexity index is 113. The maximum atomic E-state index is 3.51. The third kappa shape index (κ3) is 65.9. The molecule has 0 bridgehead atoms. The van der Waals surface area contributed by atoms with Gasteiger partial charge in [-0.25, -0.2) is 0 Å². The molecule has 0 unspecified atom stereocenters. The Morgan fingerprint density at radius 1 is 1.07 bits per heavy atom. The molecule has 0 spiro atoms. The summed E-state index contributed by atoms with van der Waals surface area (Å²) >= 11 is 0. The highest BCUT2D eigenvalue weighted by atomic mass is 14.9. The zero-order valence-electron chi connectivity index (χ0n) is 11.0. The molecular formula is C12H28N2. The van der Waals surface area contributed by atoms with Gasteiger partial charge in [-0.15, -0.1) is 0 Å². The second kappa shape index (κ2) is 18.1. The van der Waals surface area contributed by atoms with E-state index in [0.717, 1.165) is 5.92 Å². The van der Waals surface area contributed by atoms with Crippen molar-refractivity contribution in [2.45, 2.75) is 54.5 Å². The van der Waals surface area contributed by atoms with Gasteiger partial charge in [-0.05, 0) is 26.5 Å². The number of aliphatic imine (C=N–C) groups is 1. The lowest BCUT2D eigenvalue weighted by Crippen LogP contribution is -2.14. The highest BCUT2D eigenvalue weighted by molar-refractivity contribution is 5.25. The van der Waals surface area contributed by atoms with E-state index in [9.17, 15) is 0 Å². The number of nitrogens with zero attached hydrogens (tertiary/aromatic N) is 1. The summed E-state index contributed by atoms with van der Waals surface area (Å²) in [6.07, 6.45) is 3.40. The molecule has 0 aromatic rings. The van der Waals surface area contributed by atoms with Gasteiger partial charge in [0.15, 0.2) is 0 Å². The van der Waals surface area contributed by atoms with Crippen molar-refractivity contribution in [1.82, 2.24) is 5.32 Å². The van der Waals surface area contributed by atoms with Crippen molar-refractivity contribution in [2.75, 3.05) is 0 Å². The van der Waals surface area contributed by atoms with Crippen LogP contribution in [0.1, 0.15) is 48.5 Å². The van der Waals surface area contributed by atoms with Crippen LogP contribution in [0, 0.1) is 5.92 Å². The minimum absolute atomic E-state index is 0.480. The summed E-state index contributed by atoms with van der Waals surface area (Å²) in [6, 6.07) is 0.480. The van der Waals surface area contributed by atoms with Gasteiger partial charge >= 0.3 is 0 Å². The van der Waals surface area contributed by atoms with E-state index in [-0.39, 0.29) is 0 Å². The van der Waals surface area contributed by atoms with Crippen molar-refractivity contribution in [2.24, 2.45) is 10.9 Å². The topological polar surface area (TPSA) is 24.4 Å². The first-order valence-electron chi connectivity index (χ1n) is 5.37. The molecule has 0 fully saturated rings. The fourth-order valence-corrected chi connectivity index (χ4v) is 0.288. The zero-order valence-corrected chi connectivity index (χ0v) is 11.0. The molecular weight excluding hydrogens is 172 g/mol. The number of hydrogen-bond donors (Lipinski definition) is 1. The predicted octanol–water partition coefficient (Wildman–Crippen LogP) is 3.84. The van der Waals surface area contributed by atoms with Gasteiger partial charge in [0.1, 0.15) is 0 Å². The molecule has 0 aromatic carbocycles. The van der Waals surface area contributed by atoms with E-state index in [2.05, 4.69) is 51.6 Å². The fourth-order valence-electron chi connectivity index (χ4n) is 0.288. The summed E-state index contributed by atoms with van der Waals surface area (Å²) in [5.41, 5.74) is 0. The number of hydrogen-bond acceptors (Lipinski definition) is 2. The molecule has 0 rings (SSSR count). The summed E-state index contributed by atoms with van der Waals surface area (Å²) in [6.45, 7) is 17.9. The lowest BCUT2D eigenvalue weighted by molar-refractivity contribution is 0.701. The molecule has 0 atom stereocenters. The Morgan fingerprint density at radius 3 is 1.64 bits per heavy atom. The summed E-state index contributed by atoms with van der Waals surface area (Å²) in [5.74, 6) is 0.833. The molecule has 0 aliphatic carbocycles. The van der Waals surface area contributed by atoms with Gasteiger partial charge < -0.3 is 5.32 Å². The average Bonchev–Trinajstić information content (AvgIpc) is 2.07. The average molecular weight is 200 g/mol. The van der Waals surface area contributed by atoms with E-state index in [1.54, 1.807) is 12.4 Å². The third-order valence-electron chi connectivity index (χ3n) is 0.610. The summed E-state index contributed by atoms with van der Waals surface area (Å²) < 4.78 is 0. The standard InChI is InChI=1S/C6H12N2.C4H10.C2H6/c1-6(2)8-5-4-7-3;1-4(2)3;1-2/h4-6,8H,3H2,1-2H3;4H,1-3H3;1-2H3/b5-4-;;. The van der Waals surface area contributed by atoms with E-state index in [1.807, 2.05) is 13.8 Å². The van der Waals surface area contributed by atoms with E-state index in [1.165, 1.54) is 0 Å². The van der Waals surface area contributed by atoms with Crippen LogP contribution in [0.25, 0.3) is 0 Å². The Morgan fingerprint density at radius 2 is 1.43 bits per heavy atom. The van der Waals surface area contributed by atoms with Crippen molar-refractivity contribution < 1.29 is 0 Å². The van der Waals surface area contributed by atoms with Crippen molar-refractivity contribution >= 4 is 6.72 Å². The van der Waals surface area contributed by atoms with Crippen LogP contribution >= 0.6 is 0 Å². The minimum atomic E-state index is 0.480. The molecule has 0 saturated carbocycles. The van der Waals surface area contributed by atoms with Crippen molar-refractivity contribution in [1.29, 1.82) is 0 Å². The molecule has 86 valence electrons. The van der Waals surface area contributed by atoms with Crippen molar-refractivity contribution in [3.05, 3.63) is 12.4 Å². The van der Waals surface area contributed by atoms with Gasteiger partial charge in [0.2, 0.25) is 0 Å². The Balaban J connectivity index is -0.000000170. The largest absolute Gasteiger partial charge is 0.387 e. The third-order valence-corrected chi connectivity index (χ3v) is 0.610. The Labute approximate surface area is 90.5 Å². The van der Waals surface area contributed by atoms with Crippen LogP contribution in [-0.4, -0.2) is 12.8 Å². The van der Waals surface area contributed by atoms with Gasteiger partial charge in [-0.1, -0.05) is 34.6 Å². The van der Waals surface area contributed by atoms with Crippen LogP contribution in [0.5, 0.6) is 0 Å². The molecule has 0 saturated heterocycles. The molecule has 0 aliphatic heterocycles. The maximum Gasteiger partial charge on any atom is 0.0417 e. The SMILES string of the molecule is C=N/C=C\NC(C)C.CC.CC(C)C. The van der Waals surface area contributed by atoms with E-state index < -0.39 is 0 Å². The van der Waals surface area contributed by atoms with Crippen LogP contribution in [-0.2, 0) is 0 Å². The van der Waals surface area contributed by atoms with E-state index in [4.69, 9.17) is 0 Å². The van der Waals surface area contributed by atoms with Gasteiger partial charge in [-0.2, -0.15) is 0 Å². The second-order valence-electron chi connectivity index (χ2n) is 3.55. The molecule has 1 N–H and O–H groups in total. The molecule has 0 radical (unpaired) electrons. The van der Waals surface area contributed by atoms with E-state index in [0.29, 0.717) is 6.04 Å². The first kappa shape index (κ1) is 18.9. The predicted molar refractivity (Wildman–Crippen MR) is 68.8 cm³/mol. The van der Waals surface area contributed by atoms with E-state index >= 15 is 0 Å². The molecule has 0 amide bonds. The normalized spacial score (nSPS) is 8.93. The maximum absolute atomic E-state index is 3.51. The molecule has 0 aromatic heterocycles. The quantitative estimate of drug-likeness (QED) is 0.688. The summed E-state index contributed by atoms with van der Waals surface area (Å²) in [4.78, 5) is 3.51. The van der Waals surface area contributed by atoms with Gasteiger partial charge in [0, 0.05) is 18.4 Å². The smallest absolute Gasteiger partial charge is 0.0417 e. The number of rotatable bonds is 3. The van der Waals surface area contributed by atoms with Crippen LogP contribution < -0.4 is 5.32 Å². The highest BCUT2D eigenvalue weighted by Crippen LogP contribution is 1.81. The molecule has 0 heterocycles. The minimum Gasteiger partial charge on any atom is -0.387 e. The Hall–Kier alpha value is -0.790. The van der Waals surface area contributed by atoms with Gasteiger partial charge in [-0.3, -0.25) is 4.99 Å². The molecule has 14 heavy (non-hydrogen) atoms. The summed E-state index contributed by atoms with van der Waals surface area (Å²) in [7, 11) is 0.